The van der Waals surface area contributed by atoms with Crippen LogP contribution in [0.4, 0.5) is 5.69 Å². The molecule has 36 heavy (non-hydrogen) atoms. The lowest BCUT2D eigenvalue weighted by molar-refractivity contribution is -0.156. The highest BCUT2D eigenvalue weighted by Crippen LogP contribution is 2.16. The van der Waals surface area contributed by atoms with E-state index in [-0.39, 0.29) is 18.6 Å². The third-order valence-corrected chi connectivity index (χ3v) is 5.19. The number of carbonyl (C=O) groups is 4. The molecule has 2 rings (SSSR count). The molecule has 2 aromatic rings. The van der Waals surface area contributed by atoms with Gasteiger partial charge in [-0.15, -0.1) is 0 Å². The average molecular weight is 496 g/mol. The lowest BCUT2D eigenvalue weighted by Gasteiger charge is -2.07. The molecule has 2 aromatic carbocycles. The van der Waals surface area contributed by atoms with Crippen molar-refractivity contribution in [1.29, 1.82) is 0 Å². The van der Waals surface area contributed by atoms with Crippen molar-refractivity contribution in [3.63, 3.8) is 0 Å². The van der Waals surface area contributed by atoms with Crippen LogP contribution in [0.25, 0.3) is 0 Å². The number of rotatable bonds is 15. The SMILES string of the molecule is CCCCCCCOc1ccc(C(=O)CCC(=O)OC(=O)/C=C\C(=O)Nc2ccc(OC)cc2)cc1. The molecule has 0 unspecified atom stereocenters. The molecule has 8 nitrogen and oxygen atoms in total. The number of ether oxygens (including phenoxy) is 3. The van der Waals surface area contributed by atoms with Gasteiger partial charge in [0.1, 0.15) is 11.5 Å². The third-order valence-electron chi connectivity index (χ3n) is 5.19. The van der Waals surface area contributed by atoms with Crippen LogP contribution in [0.2, 0.25) is 0 Å². The zero-order valence-electron chi connectivity index (χ0n) is 20.8. The smallest absolute Gasteiger partial charge is 0.338 e. The number of anilines is 1. The second-order valence-electron chi connectivity index (χ2n) is 8.05. The summed E-state index contributed by atoms with van der Waals surface area (Å²) in [5.41, 5.74) is 0.954. The Labute approximate surface area is 211 Å². The minimum Gasteiger partial charge on any atom is -0.497 e. The van der Waals surface area contributed by atoms with Crippen molar-refractivity contribution in [3.8, 4) is 11.5 Å². The number of methoxy groups -OCH3 is 1. The van der Waals surface area contributed by atoms with Crippen LogP contribution < -0.4 is 14.8 Å². The number of amides is 1. The van der Waals surface area contributed by atoms with E-state index in [0.29, 0.717) is 29.4 Å². The van der Waals surface area contributed by atoms with Crippen LogP contribution in [-0.4, -0.2) is 37.3 Å². The van der Waals surface area contributed by atoms with E-state index in [2.05, 4.69) is 17.0 Å². The van der Waals surface area contributed by atoms with Gasteiger partial charge in [0.05, 0.1) is 20.1 Å². The quantitative estimate of drug-likeness (QED) is 0.118. The van der Waals surface area contributed by atoms with Gasteiger partial charge in [-0.2, -0.15) is 0 Å². The van der Waals surface area contributed by atoms with Gasteiger partial charge in [0.25, 0.3) is 0 Å². The van der Waals surface area contributed by atoms with Crippen molar-refractivity contribution >= 4 is 29.3 Å². The number of esters is 2. The minimum atomic E-state index is -0.992. The zero-order chi connectivity index (χ0) is 26.2. The molecule has 0 saturated carbocycles. The Bertz CT molecular complexity index is 1030. The molecule has 0 aromatic heterocycles. The summed E-state index contributed by atoms with van der Waals surface area (Å²) in [6.07, 6.45) is 7.21. The van der Waals surface area contributed by atoms with Crippen LogP contribution in [0, 0.1) is 0 Å². The summed E-state index contributed by atoms with van der Waals surface area (Å²) in [6, 6.07) is 13.4. The second-order valence-corrected chi connectivity index (χ2v) is 8.05. The first kappa shape index (κ1) is 28.3. The van der Waals surface area contributed by atoms with Crippen LogP contribution in [-0.2, 0) is 19.1 Å². The monoisotopic (exact) mass is 495 g/mol. The minimum absolute atomic E-state index is 0.106. The van der Waals surface area contributed by atoms with Gasteiger partial charge < -0.3 is 19.5 Å². The Kier molecular flexibility index (Phi) is 12.5. The Morgan fingerprint density at radius 1 is 0.806 bits per heavy atom. The summed E-state index contributed by atoms with van der Waals surface area (Å²) in [6.45, 7) is 2.81. The van der Waals surface area contributed by atoms with Crippen molar-refractivity contribution < 1.29 is 33.4 Å². The van der Waals surface area contributed by atoms with Crippen LogP contribution >= 0.6 is 0 Å². The molecule has 8 heteroatoms. The number of hydrogen-bond donors (Lipinski definition) is 1. The molecule has 0 aliphatic carbocycles. The topological polar surface area (TPSA) is 108 Å². The predicted octanol–water partition coefficient (Wildman–Crippen LogP) is 5.27. The molecule has 0 atom stereocenters. The molecule has 0 aliphatic rings. The standard InChI is InChI=1S/C28H33NO7/c1-3-4-5-6-7-20-35-24-12-8-21(9-13-24)25(30)16-18-27(32)36-28(33)19-17-26(31)29-22-10-14-23(34-2)15-11-22/h8-15,17,19H,3-7,16,18,20H2,1-2H3,(H,29,31)/b19-17-. The largest absolute Gasteiger partial charge is 0.497 e. The summed E-state index contributed by atoms with van der Waals surface area (Å²) in [5, 5.41) is 2.56. The van der Waals surface area contributed by atoms with E-state index in [1.165, 1.54) is 26.4 Å². The number of benzene rings is 2. The highest BCUT2D eigenvalue weighted by molar-refractivity contribution is 6.04. The number of Topliss-reactive ketones (excluding diaryl/α,β-unsaturated/α-hetero) is 1. The highest BCUT2D eigenvalue weighted by Gasteiger charge is 2.13. The number of ketones is 1. The van der Waals surface area contributed by atoms with Gasteiger partial charge in [-0.05, 0) is 55.0 Å². The van der Waals surface area contributed by atoms with Crippen molar-refractivity contribution in [3.05, 3.63) is 66.2 Å². The van der Waals surface area contributed by atoms with Gasteiger partial charge in [0.2, 0.25) is 5.91 Å². The van der Waals surface area contributed by atoms with Crippen LogP contribution in [0.15, 0.2) is 60.7 Å². The van der Waals surface area contributed by atoms with Crippen molar-refractivity contribution in [2.45, 2.75) is 51.9 Å². The molecule has 0 saturated heterocycles. The Balaban J connectivity index is 1.68. The number of unbranched alkanes of at least 4 members (excludes halogenated alkanes) is 4. The van der Waals surface area contributed by atoms with E-state index in [9.17, 15) is 19.2 Å². The molecule has 0 heterocycles. The predicted molar refractivity (Wildman–Crippen MR) is 136 cm³/mol. The normalized spacial score (nSPS) is 10.6. The first-order chi connectivity index (χ1) is 17.4. The molecular weight excluding hydrogens is 462 g/mol. The first-order valence-corrected chi connectivity index (χ1v) is 12.0. The Morgan fingerprint density at radius 2 is 1.47 bits per heavy atom. The molecule has 0 aliphatic heterocycles. The fourth-order valence-corrected chi connectivity index (χ4v) is 3.19. The van der Waals surface area contributed by atoms with Gasteiger partial charge >= 0.3 is 11.9 Å². The molecule has 1 amide bonds. The molecule has 0 spiro atoms. The molecule has 1 N–H and O–H groups in total. The van der Waals surface area contributed by atoms with Gasteiger partial charge in [-0.3, -0.25) is 14.4 Å². The summed E-state index contributed by atoms with van der Waals surface area (Å²) < 4.78 is 15.3. The maximum atomic E-state index is 12.3. The number of hydrogen-bond acceptors (Lipinski definition) is 7. The van der Waals surface area contributed by atoms with Gasteiger partial charge in [-0.1, -0.05) is 32.6 Å². The van der Waals surface area contributed by atoms with E-state index in [4.69, 9.17) is 9.47 Å². The summed E-state index contributed by atoms with van der Waals surface area (Å²) in [5.74, 6) is -1.33. The number of nitrogens with one attached hydrogen (secondary N) is 1. The first-order valence-electron chi connectivity index (χ1n) is 12.0. The van der Waals surface area contributed by atoms with E-state index in [0.717, 1.165) is 25.0 Å². The molecule has 192 valence electrons. The van der Waals surface area contributed by atoms with E-state index in [1.807, 2.05) is 0 Å². The maximum absolute atomic E-state index is 12.3. The summed E-state index contributed by atoms with van der Waals surface area (Å²) in [4.78, 5) is 47.9. The van der Waals surface area contributed by atoms with E-state index in [1.54, 1.807) is 48.5 Å². The van der Waals surface area contributed by atoms with E-state index < -0.39 is 17.8 Å². The van der Waals surface area contributed by atoms with Gasteiger partial charge in [0.15, 0.2) is 5.78 Å². The fourth-order valence-electron chi connectivity index (χ4n) is 3.19. The molecule has 0 fully saturated rings. The molecular formula is C28H33NO7. The highest BCUT2D eigenvalue weighted by atomic mass is 16.6. The van der Waals surface area contributed by atoms with Crippen molar-refractivity contribution in [2.75, 3.05) is 19.0 Å². The third kappa shape index (κ3) is 11.0. The van der Waals surface area contributed by atoms with Crippen LogP contribution in [0.3, 0.4) is 0 Å². The summed E-state index contributed by atoms with van der Waals surface area (Å²) >= 11 is 0. The Morgan fingerprint density at radius 3 is 2.14 bits per heavy atom. The van der Waals surface area contributed by atoms with Gasteiger partial charge in [0, 0.05) is 29.8 Å². The van der Waals surface area contributed by atoms with Crippen LogP contribution in [0.1, 0.15) is 62.2 Å². The number of carbonyl (C=O) groups excluding carboxylic acids is 4. The summed E-state index contributed by atoms with van der Waals surface area (Å²) in [7, 11) is 1.53. The Hall–Kier alpha value is -3.94. The zero-order valence-corrected chi connectivity index (χ0v) is 20.8. The fraction of sp³-hybridized carbons (Fsp3) is 0.357. The van der Waals surface area contributed by atoms with Crippen molar-refractivity contribution in [1.82, 2.24) is 0 Å². The average Bonchev–Trinajstić information content (AvgIpc) is 2.89. The van der Waals surface area contributed by atoms with Crippen LogP contribution in [0.5, 0.6) is 11.5 Å². The molecule has 0 radical (unpaired) electrons. The molecule has 0 bridgehead atoms. The van der Waals surface area contributed by atoms with Crippen molar-refractivity contribution in [2.24, 2.45) is 0 Å². The second kappa shape index (κ2) is 15.9. The van der Waals surface area contributed by atoms with Gasteiger partial charge in [-0.25, -0.2) is 4.79 Å². The lowest BCUT2D eigenvalue weighted by atomic mass is 10.1. The van der Waals surface area contributed by atoms with E-state index >= 15 is 0 Å². The maximum Gasteiger partial charge on any atom is 0.338 e. The lowest BCUT2D eigenvalue weighted by Crippen LogP contribution is -2.13.